The molecule has 1 N–H and O–H groups in total. The SMILES string of the molecule is O=C(NN1CCOC1=O)c1cccc(F)c1. The summed E-state index contributed by atoms with van der Waals surface area (Å²) in [5.74, 6) is -1.05. The molecule has 0 unspecified atom stereocenters. The molecule has 0 bridgehead atoms. The second kappa shape index (κ2) is 4.18. The number of rotatable bonds is 2. The highest BCUT2D eigenvalue weighted by Gasteiger charge is 2.24. The van der Waals surface area contributed by atoms with Gasteiger partial charge in [0.1, 0.15) is 12.4 Å². The van der Waals surface area contributed by atoms with E-state index < -0.39 is 17.8 Å². The first kappa shape index (κ1) is 10.4. The molecule has 16 heavy (non-hydrogen) atoms. The van der Waals surface area contributed by atoms with Gasteiger partial charge in [0.05, 0.1) is 6.54 Å². The van der Waals surface area contributed by atoms with E-state index in [1.807, 2.05) is 0 Å². The number of carbonyl (C=O) groups is 2. The Kier molecular flexibility index (Phi) is 2.72. The van der Waals surface area contributed by atoms with E-state index in [2.05, 4.69) is 10.2 Å². The number of hydrazine groups is 1. The van der Waals surface area contributed by atoms with Crippen molar-refractivity contribution in [3.05, 3.63) is 35.6 Å². The minimum absolute atomic E-state index is 0.153. The molecule has 0 aromatic heterocycles. The zero-order valence-electron chi connectivity index (χ0n) is 8.27. The van der Waals surface area contributed by atoms with Gasteiger partial charge in [0.2, 0.25) is 0 Å². The minimum Gasteiger partial charge on any atom is -0.446 e. The largest absolute Gasteiger partial charge is 0.446 e. The second-order valence-corrected chi connectivity index (χ2v) is 3.22. The summed E-state index contributed by atoms with van der Waals surface area (Å²) < 4.78 is 17.5. The molecule has 0 radical (unpaired) electrons. The van der Waals surface area contributed by atoms with Crippen molar-refractivity contribution in [1.82, 2.24) is 10.4 Å². The zero-order valence-corrected chi connectivity index (χ0v) is 8.27. The molecule has 1 fully saturated rings. The quantitative estimate of drug-likeness (QED) is 0.812. The van der Waals surface area contributed by atoms with Crippen molar-refractivity contribution in [1.29, 1.82) is 0 Å². The fourth-order valence-corrected chi connectivity index (χ4v) is 1.31. The molecule has 1 saturated heterocycles. The number of nitrogens with one attached hydrogen (secondary N) is 1. The van der Waals surface area contributed by atoms with Gasteiger partial charge in [0.25, 0.3) is 5.91 Å². The molecule has 84 valence electrons. The minimum atomic E-state index is -0.607. The van der Waals surface area contributed by atoms with Crippen LogP contribution in [0.2, 0.25) is 0 Å². The third kappa shape index (κ3) is 2.10. The van der Waals surface area contributed by atoms with E-state index >= 15 is 0 Å². The predicted octanol–water partition coefficient (Wildman–Crippen LogP) is 0.923. The second-order valence-electron chi connectivity index (χ2n) is 3.22. The van der Waals surface area contributed by atoms with Crippen LogP contribution in [0.15, 0.2) is 24.3 Å². The van der Waals surface area contributed by atoms with Crippen molar-refractivity contribution < 1.29 is 18.7 Å². The van der Waals surface area contributed by atoms with E-state index in [1.54, 1.807) is 0 Å². The summed E-state index contributed by atoms with van der Waals surface area (Å²) in [5, 5.41) is 1.05. The molecule has 0 atom stereocenters. The highest BCUT2D eigenvalue weighted by molar-refractivity contribution is 5.95. The van der Waals surface area contributed by atoms with Gasteiger partial charge in [-0.3, -0.25) is 10.2 Å². The fraction of sp³-hybridized carbons (Fsp3) is 0.200. The Balaban J connectivity index is 2.05. The average molecular weight is 224 g/mol. The van der Waals surface area contributed by atoms with Gasteiger partial charge >= 0.3 is 6.09 Å². The first-order chi connectivity index (χ1) is 7.66. The van der Waals surface area contributed by atoms with E-state index in [9.17, 15) is 14.0 Å². The number of ether oxygens (including phenoxy) is 1. The number of benzene rings is 1. The molecule has 1 aliphatic heterocycles. The molecule has 5 nitrogen and oxygen atoms in total. The molecular weight excluding hydrogens is 215 g/mol. The number of hydrogen-bond acceptors (Lipinski definition) is 3. The zero-order chi connectivity index (χ0) is 11.5. The van der Waals surface area contributed by atoms with E-state index in [4.69, 9.17) is 0 Å². The molecule has 0 spiro atoms. The Hall–Kier alpha value is -2.11. The first-order valence-electron chi connectivity index (χ1n) is 4.67. The highest BCUT2D eigenvalue weighted by Crippen LogP contribution is 2.05. The maximum Gasteiger partial charge on any atom is 0.428 e. The summed E-state index contributed by atoms with van der Waals surface area (Å²) in [6.07, 6.45) is -0.607. The Morgan fingerprint density at radius 3 is 2.94 bits per heavy atom. The van der Waals surface area contributed by atoms with Gasteiger partial charge in [0, 0.05) is 5.56 Å². The number of carbonyl (C=O) groups excluding carboxylic acids is 2. The number of amides is 2. The molecule has 1 heterocycles. The molecular formula is C10H9FN2O3. The van der Waals surface area contributed by atoms with Crippen LogP contribution < -0.4 is 5.43 Å². The van der Waals surface area contributed by atoms with Crippen LogP contribution in [-0.2, 0) is 4.74 Å². The smallest absolute Gasteiger partial charge is 0.428 e. The molecule has 2 rings (SSSR count). The molecule has 0 aliphatic carbocycles. The normalized spacial score (nSPS) is 14.8. The van der Waals surface area contributed by atoms with Gasteiger partial charge in [-0.1, -0.05) is 6.07 Å². The highest BCUT2D eigenvalue weighted by atomic mass is 19.1. The summed E-state index contributed by atoms with van der Waals surface area (Å²) in [5.41, 5.74) is 2.48. The van der Waals surface area contributed by atoms with Crippen LogP contribution in [0.4, 0.5) is 9.18 Å². The molecule has 2 amide bonds. The van der Waals surface area contributed by atoms with E-state index in [0.29, 0.717) is 6.54 Å². The van der Waals surface area contributed by atoms with Crippen LogP contribution in [0.25, 0.3) is 0 Å². The van der Waals surface area contributed by atoms with E-state index in [0.717, 1.165) is 11.1 Å². The first-order valence-corrected chi connectivity index (χ1v) is 4.67. The Morgan fingerprint density at radius 2 is 2.31 bits per heavy atom. The Bertz CT molecular complexity index is 436. The van der Waals surface area contributed by atoms with Crippen molar-refractivity contribution in [2.45, 2.75) is 0 Å². The van der Waals surface area contributed by atoms with Gasteiger partial charge < -0.3 is 4.74 Å². The summed E-state index contributed by atoms with van der Waals surface area (Å²) in [7, 11) is 0. The standard InChI is InChI=1S/C10H9FN2O3/c11-8-3-1-2-7(6-8)9(14)12-13-4-5-16-10(13)15/h1-3,6H,4-5H2,(H,12,14). The van der Waals surface area contributed by atoms with Crippen molar-refractivity contribution in [3.63, 3.8) is 0 Å². The number of halogens is 1. The monoisotopic (exact) mass is 224 g/mol. The summed E-state index contributed by atoms with van der Waals surface area (Å²) >= 11 is 0. The van der Waals surface area contributed by atoms with Crippen molar-refractivity contribution in [3.8, 4) is 0 Å². The van der Waals surface area contributed by atoms with Crippen LogP contribution in [0.3, 0.4) is 0 Å². The maximum absolute atomic E-state index is 12.8. The van der Waals surface area contributed by atoms with Gasteiger partial charge in [-0.25, -0.2) is 14.2 Å². The van der Waals surface area contributed by atoms with Gasteiger partial charge in [-0.15, -0.1) is 0 Å². The maximum atomic E-state index is 12.8. The third-order valence-corrected chi connectivity index (χ3v) is 2.08. The molecule has 1 aromatic carbocycles. The number of cyclic esters (lactones) is 1. The predicted molar refractivity (Wildman–Crippen MR) is 51.9 cm³/mol. The average Bonchev–Trinajstić information content (AvgIpc) is 2.64. The summed E-state index contributed by atoms with van der Waals surface area (Å²) in [6, 6.07) is 5.21. The van der Waals surface area contributed by atoms with Crippen molar-refractivity contribution in [2.75, 3.05) is 13.2 Å². The third-order valence-electron chi connectivity index (χ3n) is 2.08. The van der Waals surface area contributed by atoms with E-state index in [-0.39, 0.29) is 12.2 Å². The van der Waals surface area contributed by atoms with Crippen molar-refractivity contribution >= 4 is 12.0 Å². The van der Waals surface area contributed by atoms with Crippen molar-refractivity contribution in [2.24, 2.45) is 0 Å². The molecule has 0 saturated carbocycles. The summed E-state index contributed by atoms with van der Waals surface area (Å²) in [6.45, 7) is 0.530. The van der Waals surface area contributed by atoms with Crippen LogP contribution in [-0.4, -0.2) is 30.2 Å². The molecule has 1 aliphatic rings. The van der Waals surface area contributed by atoms with Crippen LogP contribution in [0.5, 0.6) is 0 Å². The number of hydrogen-bond donors (Lipinski definition) is 1. The fourth-order valence-electron chi connectivity index (χ4n) is 1.31. The topological polar surface area (TPSA) is 58.6 Å². The lowest BCUT2D eigenvalue weighted by atomic mass is 10.2. The van der Waals surface area contributed by atoms with Gasteiger partial charge in [-0.05, 0) is 18.2 Å². The van der Waals surface area contributed by atoms with E-state index in [1.165, 1.54) is 18.2 Å². The lowest BCUT2D eigenvalue weighted by Gasteiger charge is -2.13. The van der Waals surface area contributed by atoms with Crippen LogP contribution in [0, 0.1) is 5.82 Å². The van der Waals surface area contributed by atoms with Gasteiger partial charge in [0.15, 0.2) is 0 Å². The molecule has 1 aromatic rings. The summed E-state index contributed by atoms with van der Waals surface area (Å²) in [4.78, 5) is 22.6. The lowest BCUT2D eigenvalue weighted by Crippen LogP contribution is -2.42. The van der Waals surface area contributed by atoms with Crippen LogP contribution >= 0.6 is 0 Å². The Morgan fingerprint density at radius 1 is 1.50 bits per heavy atom. The molecule has 6 heteroatoms. The lowest BCUT2D eigenvalue weighted by molar-refractivity contribution is 0.0831. The Labute approximate surface area is 90.8 Å². The number of nitrogens with zero attached hydrogens (tertiary/aromatic N) is 1. The van der Waals surface area contributed by atoms with Crippen LogP contribution in [0.1, 0.15) is 10.4 Å². The van der Waals surface area contributed by atoms with Gasteiger partial charge in [-0.2, -0.15) is 0 Å².